The molecule has 0 fully saturated rings. The number of carboxylic acid groups (broad SMARTS) is 1. The summed E-state index contributed by atoms with van der Waals surface area (Å²) in [5, 5.41) is 13.8. The molecular weight excluding hydrogens is 472 g/mol. The minimum atomic E-state index is -5.27. The zero-order valence-corrected chi connectivity index (χ0v) is 17.1. The Morgan fingerprint density at radius 2 is 1.42 bits per heavy atom. The van der Waals surface area contributed by atoms with Crippen molar-refractivity contribution >= 4 is 31.6 Å². The molecule has 0 spiro atoms. The van der Waals surface area contributed by atoms with Crippen LogP contribution in [0.5, 0.6) is 5.75 Å². The second-order valence-electron chi connectivity index (χ2n) is 5.91. The molecule has 0 aliphatic heterocycles. The van der Waals surface area contributed by atoms with E-state index in [0.29, 0.717) is 10.6 Å². The molecule has 2 aromatic rings. The number of amides is 1. The molecule has 1 amide bonds. The minimum Gasteiger partial charge on any atom is -0.497 e. The molecule has 0 bridgehead atoms. The van der Waals surface area contributed by atoms with Gasteiger partial charge in [0.1, 0.15) is 10.6 Å². The molecule has 2 rings (SSSR count). The summed E-state index contributed by atoms with van der Waals surface area (Å²) in [6, 6.07) is 5.22. The molecule has 0 aromatic heterocycles. The van der Waals surface area contributed by atoms with Crippen LogP contribution in [0.25, 0.3) is 0 Å². The van der Waals surface area contributed by atoms with Crippen LogP contribution in [-0.4, -0.2) is 47.4 Å². The summed E-state index contributed by atoms with van der Waals surface area (Å²) >= 11 is 0. The van der Waals surface area contributed by atoms with Crippen LogP contribution in [0.3, 0.4) is 0 Å². The van der Waals surface area contributed by atoms with Crippen molar-refractivity contribution < 1.29 is 49.0 Å². The van der Waals surface area contributed by atoms with Crippen LogP contribution in [0.1, 0.15) is 0 Å². The first-order valence-corrected chi connectivity index (χ1v) is 11.2. The summed E-state index contributed by atoms with van der Waals surface area (Å²) in [5.74, 6) is -11.0. The number of ether oxygens (including phenoxy) is 1. The number of sulfone groups is 1. The van der Waals surface area contributed by atoms with Crippen molar-refractivity contribution in [1.29, 1.82) is 0 Å². The molecule has 0 aliphatic carbocycles. The van der Waals surface area contributed by atoms with Gasteiger partial charge in [-0.2, -0.15) is 0 Å². The minimum absolute atomic E-state index is 0.0358. The van der Waals surface area contributed by atoms with Crippen molar-refractivity contribution in [3.63, 3.8) is 0 Å². The van der Waals surface area contributed by atoms with E-state index < -0.39 is 71.3 Å². The van der Waals surface area contributed by atoms with Gasteiger partial charge in [0.15, 0.2) is 38.0 Å². The summed E-state index contributed by atoms with van der Waals surface area (Å²) in [6.07, 6.45) is -1.64. The normalized spacial score (nSPS) is 11.9. The van der Waals surface area contributed by atoms with E-state index in [1.807, 2.05) is 0 Å². The van der Waals surface area contributed by atoms with Gasteiger partial charge in [-0.3, -0.25) is 4.90 Å². The van der Waals surface area contributed by atoms with E-state index in [-0.39, 0.29) is 5.69 Å². The number of anilines is 1. The first kappa shape index (κ1) is 24.4. The van der Waals surface area contributed by atoms with Gasteiger partial charge in [-0.25, -0.2) is 44.3 Å². The molecule has 9 nitrogen and oxygen atoms in total. The van der Waals surface area contributed by atoms with E-state index in [1.165, 1.54) is 31.4 Å². The topological polar surface area (TPSA) is 144 Å². The van der Waals surface area contributed by atoms with Crippen LogP contribution < -0.4 is 14.8 Å². The average molecular weight is 486 g/mol. The lowest BCUT2D eigenvalue weighted by atomic mass is 10.3. The summed E-state index contributed by atoms with van der Waals surface area (Å²) in [7, 11) is -9.10. The number of benzene rings is 2. The van der Waals surface area contributed by atoms with Crippen LogP contribution in [0, 0.1) is 23.3 Å². The predicted molar refractivity (Wildman–Crippen MR) is 98.1 cm³/mol. The Bertz CT molecular complexity index is 1200. The zero-order valence-electron chi connectivity index (χ0n) is 15.5. The highest BCUT2D eigenvalue weighted by Gasteiger charge is 2.36. The number of sulfonamides is 1. The van der Waals surface area contributed by atoms with E-state index in [0.717, 1.165) is 0 Å². The van der Waals surface area contributed by atoms with Gasteiger partial charge in [-0.15, -0.1) is 0 Å². The highest BCUT2D eigenvalue weighted by molar-refractivity contribution is 7.91. The van der Waals surface area contributed by atoms with Crippen molar-refractivity contribution in [2.24, 2.45) is 5.14 Å². The van der Waals surface area contributed by atoms with Gasteiger partial charge in [-0.05, 0) is 24.3 Å². The molecule has 31 heavy (non-hydrogen) atoms. The smallest absolute Gasteiger partial charge is 0.411 e. The third-order valence-corrected chi connectivity index (χ3v) is 6.60. The lowest BCUT2D eigenvalue weighted by Crippen LogP contribution is -2.34. The molecular formula is C16H14F4N2O7S2. The second kappa shape index (κ2) is 8.68. The highest BCUT2D eigenvalue weighted by Crippen LogP contribution is 2.30. The van der Waals surface area contributed by atoms with Crippen LogP contribution in [0.15, 0.2) is 34.1 Å². The Labute approximate surface area is 173 Å². The van der Waals surface area contributed by atoms with Crippen LogP contribution in [0.4, 0.5) is 28.0 Å². The molecule has 3 N–H and O–H groups in total. The second-order valence-corrected chi connectivity index (χ2v) is 9.45. The number of rotatable bonds is 7. The molecule has 0 saturated heterocycles. The fourth-order valence-electron chi connectivity index (χ4n) is 2.53. The standard InChI is InChI=1S/C16H14F4N2O7S2/c1-29-9-4-2-8(3-5-9)22(16(23)24)6-7-30(25,26)14-10(17)12(19)15(31(21,27)28)13(20)11(14)18/h2-5H,6-7H2,1H3,(H,23,24)(H2,21,27,28). The maximum atomic E-state index is 14.2. The third kappa shape index (κ3) is 4.88. The average Bonchev–Trinajstić information content (AvgIpc) is 2.65. The molecule has 0 heterocycles. The monoisotopic (exact) mass is 486 g/mol. The van der Waals surface area contributed by atoms with Crippen LogP contribution in [0.2, 0.25) is 0 Å². The Morgan fingerprint density at radius 3 is 1.81 bits per heavy atom. The molecule has 170 valence electrons. The van der Waals surface area contributed by atoms with E-state index in [2.05, 4.69) is 5.14 Å². The van der Waals surface area contributed by atoms with Crippen molar-refractivity contribution in [3.05, 3.63) is 47.5 Å². The highest BCUT2D eigenvalue weighted by atomic mass is 32.2. The Balaban J connectivity index is 2.47. The first-order valence-electron chi connectivity index (χ1n) is 7.98. The molecule has 0 saturated carbocycles. The molecule has 15 heteroatoms. The number of halogens is 4. The predicted octanol–water partition coefficient (Wildman–Crippen LogP) is 1.86. The summed E-state index contributed by atoms with van der Waals surface area (Å²) in [4.78, 5) is 7.69. The Kier molecular flexibility index (Phi) is 6.82. The number of nitrogens with zero attached hydrogens (tertiary/aromatic N) is 1. The van der Waals surface area contributed by atoms with Gasteiger partial charge >= 0.3 is 6.09 Å². The zero-order chi connectivity index (χ0) is 23.7. The van der Waals surface area contributed by atoms with Gasteiger partial charge in [0.25, 0.3) is 0 Å². The third-order valence-electron chi connectivity index (χ3n) is 3.98. The Morgan fingerprint density at radius 1 is 0.968 bits per heavy atom. The molecule has 0 radical (unpaired) electrons. The van der Waals surface area contributed by atoms with Gasteiger partial charge in [0.2, 0.25) is 10.0 Å². The number of nitrogens with two attached hydrogens (primary N) is 1. The van der Waals surface area contributed by atoms with E-state index in [9.17, 15) is 44.3 Å². The first-order chi connectivity index (χ1) is 14.2. The van der Waals surface area contributed by atoms with Gasteiger partial charge in [0.05, 0.1) is 12.9 Å². The summed E-state index contributed by atoms with van der Waals surface area (Å²) < 4.78 is 108. The van der Waals surface area contributed by atoms with Crippen molar-refractivity contribution in [2.45, 2.75) is 9.79 Å². The van der Waals surface area contributed by atoms with Crippen LogP contribution in [-0.2, 0) is 19.9 Å². The van der Waals surface area contributed by atoms with Gasteiger partial charge in [0, 0.05) is 12.2 Å². The number of hydrogen-bond donors (Lipinski definition) is 2. The number of carbonyl (C=O) groups is 1. The van der Waals surface area contributed by atoms with Crippen molar-refractivity contribution in [3.8, 4) is 5.75 Å². The number of primary sulfonamides is 1. The molecule has 0 unspecified atom stereocenters. The van der Waals surface area contributed by atoms with Gasteiger partial charge in [-0.1, -0.05) is 0 Å². The quantitative estimate of drug-likeness (QED) is 0.449. The lowest BCUT2D eigenvalue weighted by Gasteiger charge is -2.20. The van der Waals surface area contributed by atoms with E-state index in [4.69, 9.17) is 4.74 Å². The largest absolute Gasteiger partial charge is 0.497 e. The fourth-order valence-corrected chi connectivity index (χ4v) is 4.56. The number of methoxy groups -OCH3 is 1. The fraction of sp³-hybridized carbons (Fsp3) is 0.188. The summed E-state index contributed by atoms with van der Waals surface area (Å²) in [6.45, 7) is -0.886. The van der Waals surface area contributed by atoms with Crippen molar-refractivity contribution in [2.75, 3.05) is 24.3 Å². The SMILES string of the molecule is COc1ccc(N(CCS(=O)(=O)c2c(F)c(F)c(S(N)(=O)=O)c(F)c2F)C(=O)O)cc1. The number of hydrogen-bond acceptors (Lipinski definition) is 6. The maximum Gasteiger partial charge on any atom is 0.411 e. The molecule has 0 atom stereocenters. The van der Waals surface area contributed by atoms with Gasteiger partial charge < -0.3 is 9.84 Å². The Hall–Kier alpha value is -2.91. The molecule has 2 aromatic carbocycles. The van der Waals surface area contributed by atoms with Crippen molar-refractivity contribution in [1.82, 2.24) is 0 Å². The summed E-state index contributed by atoms with van der Waals surface area (Å²) in [5.41, 5.74) is -0.0358. The van der Waals surface area contributed by atoms with Crippen LogP contribution >= 0.6 is 0 Å². The maximum absolute atomic E-state index is 14.2. The van der Waals surface area contributed by atoms with E-state index >= 15 is 0 Å². The van der Waals surface area contributed by atoms with E-state index in [1.54, 1.807) is 0 Å². The molecule has 0 aliphatic rings. The lowest BCUT2D eigenvalue weighted by molar-refractivity contribution is 0.202.